The molecule has 0 amide bonds. The Balaban J connectivity index is 1.36. The minimum absolute atomic E-state index is 0.484. The van der Waals surface area contributed by atoms with Gasteiger partial charge in [0.15, 0.2) is 0 Å². The van der Waals surface area contributed by atoms with Crippen LogP contribution in [0.25, 0.3) is 0 Å². The molecule has 0 bridgehead atoms. The second-order valence-electron chi connectivity index (χ2n) is 6.72. The molecule has 2 aromatic rings. The second-order valence-corrected chi connectivity index (χ2v) is 7.89. The van der Waals surface area contributed by atoms with Gasteiger partial charge in [-0.3, -0.25) is 9.88 Å². The van der Waals surface area contributed by atoms with Crippen LogP contribution in [-0.2, 0) is 19.4 Å². The maximum atomic E-state index is 4.78. The van der Waals surface area contributed by atoms with Crippen molar-refractivity contribution in [3.8, 4) is 0 Å². The summed E-state index contributed by atoms with van der Waals surface area (Å²) < 4.78 is 0. The molecule has 0 unspecified atom stereocenters. The molecule has 4 rings (SSSR count). The maximum absolute atomic E-state index is 4.78. The van der Waals surface area contributed by atoms with Crippen molar-refractivity contribution < 1.29 is 0 Å². The third-order valence-corrected chi connectivity index (χ3v) is 6.28. The van der Waals surface area contributed by atoms with Crippen LogP contribution in [0.5, 0.6) is 0 Å². The van der Waals surface area contributed by atoms with Gasteiger partial charge in [0, 0.05) is 36.4 Å². The lowest BCUT2D eigenvalue weighted by Crippen LogP contribution is -2.28. The SMILES string of the molecule is CN1CC[C@@H](CNCc2nc3c(s2)CCC3)[C@@H]1c1cccnc1. The van der Waals surface area contributed by atoms with E-state index in [4.69, 9.17) is 4.98 Å². The molecule has 1 saturated heterocycles. The highest BCUT2D eigenvalue weighted by molar-refractivity contribution is 7.11. The van der Waals surface area contributed by atoms with E-state index in [-0.39, 0.29) is 0 Å². The molecule has 1 aliphatic carbocycles. The fourth-order valence-electron chi connectivity index (χ4n) is 4.00. The fourth-order valence-corrected chi connectivity index (χ4v) is 5.13. The highest BCUT2D eigenvalue weighted by Gasteiger charge is 2.32. The molecular formula is C18H24N4S. The lowest BCUT2D eigenvalue weighted by atomic mass is 9.95. The van der Waals surface area contributed by atoms with E-state index < -0.39 is 0 Å². The number of nitrogens with zero attached hydrogens (tertiary/aromatic N) is 3. The molecule has 0 spiro atoms. The number of hydrogen-bond acceptors (Lipinski definition) is 5. The first-order chi connectivity index (χ1) is 11.3. The van der Waals surface area contributed by atoms with Gasteiger partial charge in [-0.1, -0.05) is 6.07 Å². The molecule has 122 valence electrons. The maximum Gasteiger partial charge on any atom is 0.107 e. The average molecular weight is 328 g/mol. The van der Waals surface area contributed by atoms with Gasteiger partial charge in [0.1, 0.15) is 5.01 Å². The van der Waals surface area contributed by atoms with E-state index >= 15 is 0 Å². The second kappa shape index (κ2) is 6.67. The van der Waals surface area contributed by atoms with Gasteiger partial charge in [-0.05, 0) is 56.8 Å². The van der Waals surface area contributed by atoms with Crippen LogP contribution in [0.15, 0.2) is 24.5 Å². The number of aromatic nitrogens is 2. The Morgan fingerprint density at radius 1 is 1.39 bits per heavy atom. The summed E-state index contributed by atoms with van der Waals surface area (Å²) in [6, 6.07) is 4.73. The summed E-state index contributed by atoms with van der Waals surface area (Å²) in [6.07, 6.45) is 8.84. The van der Waals surface area contributed by atoms with Crippen molar-refractivity contribution in [1.29, 1.82) is 0 Å². The highest BCUT2D eigenvalue weighted by Crippen LogP contribution is 2.35. The summed E-state index contributed by atoms with van der Waals surface area (Å²) in [5, 5.41) is 4.92. The zero-order chi connectivity index (χ0) is 15.6. The predicted molar refractivity (Wildman–Crippen MR) is 93.6 cm³/mol. The van der Waals surface area contributed by atoms with E-state index in [0.29, 0.717) is 12.0 Å². The molecule has 5 heteroatoms. The minimum Gasteiger partial charge on any atom is -0.310 e. The van der Waals surface area contributed by atoms with Gasteiger partial charge in [0.2, 0.25) is 0 Å². The molecule has 1 N–H and O–H groups in total. The van der Waals surface area contributed by atoms with Crippen molar-refractivity contribution in [2.45, 2.75) is 38.3 Å². The molecule has 4 nitrogen and oxygen atoms in total. The number of likely N-dealkylation sites (tertiary alicyclic amines) is 1. The highest BCUT2D eigenvalue weighted by atomic mass is 32.1. The lowest BCUT2D eigenvalue weighted by molar-refractivity contribution is 0.271. The number of rotatable bonds is 5. The molecule has 2 atom stereocenters. The van der Waals surface area contributed by atoms with E-state index in [9.17, 15) is 0 Å². The molecule has 0 radical (unpaired) electrons. The molecule has 2 aliphatic rings. The van der Waals surface area contributed by atoms with Gasteiger partial charge >= 0.3 is 0 Å². The van der Waals surface area contributed by atoms with Gasteiger partial charge in [0.05, 0.1) is 5.69 Å². The van der Waals surface area contributed by atoms with Crippen LogP contribution < -0.4 is 5.32 Å². The number of thiazole rings is 1. The van der Waals surface area contributed by atoms with Gasteiger partial charge in [-0.25, -0.2) is 4.98 Å². The molecular weight excluding hydrogens is 304 g/mol. The Kier molecular flexibility index (Phi) is 4.42. The van der Waals surface area contributed by atoms with Gasteiger partial charge in [-0.2, -0.15) is 0 Å². The molecule has 23 heavy (non-hydrogen) atoms. The molecule has 3 heterocycles. The molecule has 1 aliphatic heterocycles. The standard InChI is InChI=1S/C18H24N4S/c1-22-9-7-14(18(22)13-4-3-8-19-10-13)11-20-12-17-21-15-5-2-6-16(15)23-17/h3-4,8,10,14,18,20H,2,5-7,9,11-12H2,1H3/t14-,18-/m0/s1. The summed E-state index contributed by atoms with van der Waals surface area (Å²) in [6.45, 7) is 3.13. The minimum atomic E-state index is 0.484. The fraction of sp³-hybridized carbons (Fsp3) is 0.556. The topological polar surface area (TPSA) is 41.0 Å². The third kappa shape index (κ3) is 3.18. The zero-order valence-corrected chi connectivity index (χ0v) is 14.5. The molecule has 2 aromatic heterocycles. The number of nitrogens with one attached hydrogen (secondary N) is 1. The van der Waals surface area contributed by atoms with E-state index in [1.54, 1.807) is 0 Å². The van der Waals surface area contributed by atoms with Crippen molar-refractivity contribution in [3.05, 3.63) is 45.7 Å². The van der Waals surface area contributed by atoms with Crippen LogP contribution in [0.1, 0.15) is 40.0 Å². The van der Waals surface area contributed by atoms with Crippen molar-refractivity contribution in [1.82, 2.24) is 20.2 Å². The first-order valence-electron chi connectivity index (χ1n) is 8.59. The van der Waals surface area contributed by atoms with Crippen LogP contribution in [-0.4, -0.2) is 35.0 Å². The molecule has 0 saturated carbocycles. The summed E-state index contributed by atoms with van der Waals surface area (Å²) in [5.74, 6) is 0.649. The lowest BCUT2D eigenvalue weighted by Gasteiger charge is -2.25. The van der Waals surface area contributed by atoms with Gasteiger partial charge in [0.25, 0.3) is 0 Å². The largest absolute Gasteiger partial charge is 0.310 e. The van der Waals surface area contributed by atoms with E-state index in [0.717, 1.165) is 19.6 Å². The summed E-state index contributed by atoms with van der Waals surface area (Å²) in [4.78, 5) is 13.1. The average Bonchev–Trinajstić information content (AvgIpc) is 3.23. The number of pyridine rings is 1. The van der Waals surface area contributed by atoms with Crippen LogP contribution in [0.4, 0.5) is 0 Å². The quantitative estimate of drug-likeness (QED) is 0.916. The van der Waals surface area contributed by atoms with Gasteiger partial charge in [-0.15, -0.1) is 11.3 Å². The third-order valence-electron chi connectivity index (χ3n) is 5.12. The van der Waals surface area contributed by atoms with Crippen LogP contribution in [0, 0.1) is 5.92 Å². The van der Waals surface area contributed by atoms with Gasteiger partial charge < -0.3 is 5.32 Å². The Morgan fingerprint density at radius 3 is 3.17 bits per heavy atom. The van der Waals surface area contributed by atoms with Crippen LogP contribution in [0.3, 0.4) is 0 Å². The van der Waals surface area contributed by atoms with Crippen LogP contribution in [0.2, 0.25) is 0 Å². The first-order valence-corrected chi connectivity index (χ1v) is 9.41. The van der Waals surface area contributed by atoms with E-state index in [1.807, 2.05) is 29.8 Å². The van der Waals surface area contributed by atoms with Crippen molar-refractivity contribution in [2.75, 3.05) is 20.1 Å². The Labute approximate surface area is 142 Å². The van der Waals surface area contributed by atoms with E-state index in [2.05, 4.69) is 28.3 Å². The monoisotopic (exact) mass is 328 g/mol. The number of aryl methyl sites for hydroxylation is 2. The Morgan fingerprint density at radius 2 is 2.35 bits per heavy atom. The summed E-state index contributed by atoms with van der Waals surface area (Å²) in [7, 11) is 2.23. The smallest absolute Gasteiger partial charge is 0.107 e. The molecule has 1 fully saturated rings. The van der Waals surface area contributed by atoms with Crippen molar-refractivity contribution in [3.63, 3.8) is 0 Å². The summed E-state index contributed by atoms with van der Waals surface area (Å²) in [5.41, 5.74) is 2.70. The normalized spacial score (nSPS) is 24.2. The first kappa shape index (κ1) is 15.2. The number of hydrogen-bond donors (Lipinski definition) is 1. The van der Waals surface area contributed by atoms with Crippen molar-refractivity contribution in [2.24, 2.45) is 5.92 Å². The summed E-state index contributed by atoms with van der Waals surface area (Å²) >= 11 is 1.91. The zero-order valence-electron chi connectivity index (χ0n) is 13.7. The van der Waals surface area contributed by atoms with Crippen molar-refractivity contribution >= 4 is 11.3 Å². The van der Waals surface area contributed by atoms with Crippen LogP contribution >= 0.6 is 11.3 Å². The Bertz CT molecular complexity index is 633. The molecule has 0 aromatic carbocycles. The Hall–Kier alpha value is -1.30. The van der Waals surface area contributed by atoms with E-state index in [1.165, 1.54) is 46.8 Å². The number of fused-ring (bicyclic) bond motifs is 1. The predicted octanol–water partition coefficient (Wildman–Crippen LogP) is 2.81.